The van der Waals surface area contributed by atoms with E-state index >= 15 is 0 Å². The number of nitrogens with one attached hydrogen (secondary N) is 1. The number of hydrogen-bond acceptors (Lipinski definition) is 9. The maximum absolute atomic E-state index is 12.3. The first kappa shape index (κ1) is 22.1. The SMILES string of the molecule is CO/N=C(\C(=O)NC1C(=O)N(S(=O)(=O)O)C1CCl)c1csc(N)n1.[H-].[Na+]. The summed E-state index contributed by atoms with van der Waals surface area (Å²) in [5.74, 6) is -2.19. The Bertz CT molecular complexity index is 806. The Kier molecular flexibility index (Phi) is 7.61. The molecule has 1 aromatic rings. The Morgan fingerprint density at radius 2 is 2.32 bits per heavy atom. The van der Waals surface area contributed by atoms with Crippen molar-refractivity contribution in [2.24, 2.45) is 5.16 Å². The van der Waals surface area contributed by atoms with Gasteiger partial charge in [-0.05, 0) is 0 Å². The summed E-state index contributed by atoms with van der Waals surface area (Å²) >= 11 is 6.67. The van der Waals surface area contributed by atoms with Gasteiger partial charge in [0.15, 0.2) is 10.8 Å². The summed E-state index contributed by atoms with van der Waals surface area (Å²) < 4.78 is 31.4. The van der Waals surface area contributed by atoms with Gasteiger partial charge >= 0.3 is 39.9 Å². The fourth-order valence-corrected chi connectivity index (χ4v) is 3.84. The van der Waals surface area contributed by atoms with Crippen molar-refractivity contribution in [1.82, 2.24) is 14.6 Å². The zero-order chi connectivity index (χ0) is 18.1. The summed E-state index contributed by atoms with van der Waals surface area (Å²) in [7, 11) is -3.55. The maximum Gasteiger partial charge on any atom is 1.00 e. The van der Waals surface area contributed by atoms with E-state index in [1.54, 1.807) is 0 Å². The van der Waals surface area contributed by atoms with E-state index in [9.17, 15) is 18.0 Å². The smallest absolute Gasteiger partial charge is 1.00 e. The number of alkyl halides is 1. The molecule has 0 radical (unpaired) electrons. The molecule has 2 amide bonds. The quantitative estimate of drug-likeness (QED) is 0.104. The topological polar surface area (TPSA) is 164 Å². The third-order valence-electron chi connectivity index (χ3n) is 3.02. The van der Waals surface area contributed by atoms with Crippen molar-refractivity contribution in [3.05, 3.63) is 11.1 Å². The number of carbonyl (C=O) groups excluding carboxylic acids is 2. The molecule has 1 fully saturated rings. The van der Waals surface area contributed by atoms with Gasteiger partial charge in [0, 0.05) is 11.3 Å². The second-order valence-corrected chi connectivity index (χ2v) is 6.97. The first-order valence-electron chi connectivity index (χ1n) is 6.20. The van der Waals surface area contributed by atoms with Gasteiger partial charge in [-0.1, -0.05) is 5.16 Å². The van der Waals surface area contributed by atoms with Gasteiger partial charge in [0.25, 0.3) is 11.8 Å². The van der Waals surface area contributed by atoms with Crippen LogP contribution in [0, 0.1) is 0 Å². The van der Waals surface area contributed by atoms with E-state index in [0.29, 0.717) is 0 Å². The van der Waals surface area contributed by atoms with E-state index < -0.39 is 34.2 Å². The molecule has 0 saturated carbocycles. The van der Waals surface area contributed by atoms with E-state index in [1.165, 1.54) is 12.5 Å². The molecule has 11 nitrogen and oxygen atoms in total. The van der Waals surface area contributed by atoms with Gasteiger partial charge in [-0.15, -0.1) is 22.9 Å². The number of halogens is 1. The zero-order valence-corrected chi connectivity index (χ0v) is 17.4. The summed E-state index contributed by atoms with van der Waals surface area (Å²) in [5, 5.41) is 7.46. The fraction of sp³-hybridized carbons (Fsp3) is 0.400. The average Bonchev–Trinajstić information content (AvgIpc) is 2.91. The van der Waals surface area contributed by atoms with Gasteiger partial charge in [0.2, 0.25) is 0 Å². The number of hydrogen-bond donors (Lipinski definition) is 3. The molecule has 1 aromatic heterocycles. The van der Waals surface area contributed by atoms with Crippen LogP contribution >= 0.6 is 22.9 Å². The van der Waals surface area contributed by atoms with Crippen molar-refractivity contribution >= 4 is 55.9 Å². The number of nitrogens with zero attached hydrogens (tertiary/aromatic N) is 3. The van der Waals surface area contributed by atoms with Crippen LogP contribution in [0.2, 0.25) is 0 Å². The third-order valence-corrected chi connectivity index (χ3v) is 4.96. The minimum atomic E-state index is -4.76. The molecule has 2 heterocycles. The number of anilines is 1. The van der Waals surface area contributed by atoms with Crippen LogP contribution in [0.3, 0.4) is 0 Å². The van der Waals surface area contributed by atoms with Gasteiger partial charge in [-0.2, -0.15) is 8.42 Å². The van der Waals surface area contributed by atoms with Crippen molar-refractivity contribution in [2.75, 3.05) is 18.7 Å². The molecule has 0 aliphatic carbocycles. The fourth-order valence-electron chi connectivity index (χ4n) is 2.01. The van der Waals surface area contributed by atoms with Crippen molar-refractivity contribution in [3.8, 4) is 0 Å². The minimum Gasteiger partial charge on any atom is -1.00 e. The molecular weight excluding hydrogens is 409 g/mol. The van der Waals surface area contributed by atoms with Crippen molar-refractivity contribution in [2.45, 2.75) is 12.1 Å². The van der Waals surface area contributed by atoms with Crippen LogP contribution in [0.15, 0.2) is 10.5 Å². The van der Waals surface area contributed by atoms with E-state index in [-0.39, 0.29) is 57.7 Å². The molecule has 2 atom stereocenters. The predicted octanol–water partition coefficient (Wildman–Crippen LogP) is -4.07. The largest absolute Gasteiger partial charge is 1.00 e. The first-order chi connectivity index (χ1) is 11.2. The third kappa shape index (κ3) is 4.61. The molecule has 2 unspecified atom stereocenters. The van der Waals surface area contributed by atoms with E-state index in [4.69, 9.17) is 21.9 Å². The number of nitrogens with two attached hydrogens (primary N) is 1. The van der Waals surface area contributed by atoms with Crippen LogP contribution in [0.1, 0.15) is 7.12 Å². The van der Waals surface area contributed by atoms with Crippen molar-refractivity contribution in [1.29, 1.82) is 0 Å². The van der Waals surface area contributed by atoms with E-state index in [1.807, 2.05) is 0 Å². The van der Waals surface area contributed by atoms with Gasteiger partial charge in [-0.3, -0.25) is 14.1 Å². The Morgan fingerprint density at radius 3 is 2.76 bits per heavy atom. The van der Waals surface area contributed by atoms with Gasteiger partial charge in [-0.25, -0.2) is 9.29 Å². The molecule has 0 spiro atoms. The molecule has 4 N–H and O–H groups in total. The van der Waals surface area contributed by atoms with Crippen molar-refractivity contribution in [3.63, 3.8) is 0 Å². The second kappa shape index (κ2) is 8.62. The van der Waals surface area contributed by atoms with Gasteiger partial charge in [0.1, 0.15) is 18.8 Å². The van der Waals surface area contributed by atoms with E-state index in [0.717, 1.165) is 11.3 Å². The maximum atomic E-state index is 12.3. The molecule has 134 valence electrons. The summed E-state index contributed by atoms with van der Waals surface area (Å²) in [4.78, 5) is 32.6. The van der Waals surface area contributed by atoms with Crippen LogP contribution in [0.25, 0.3) is 0 Å². The number of aromatic nitrogens is 1. The zero-order valence-electron chi connectivity index (χ0n) is 14.0. The summed E-state index contributed by atoms with van der Waals surface area (Å²) in [6, 6.07) is -2.36. The van der Waals surface area contributed by atoms with Crippen LogP contribution in [0.5, 0.6) is 0 Å². The minimum absolute atomic E-state index is 0. The van der Waals surface area contributed by atoms with Crippen LogP contribution in [-0.4, -0.2) is 64.9 Å². The Labute approximate surface area is 175 Å². The molecule has 0 aromatic carbocycles. The summed E-state index contributed by atoms with van der Waals surface area (Å²) in [6.45, 7) is 0. The Hall–Kier alpha value is -0.960. The van der Waals surface area contributed by atoms with Crippen molar-refractivity contribution < 1.29 is 58.4 Å². The van der Waals surface area contributed by atoms with Gasteiger partial charge < -0.3 is 17.3 Å². The molecular formula is C10H13ClN5NaO6S2. The number of rotatable bonds is 6. The predicted molar refractivity (Wildman–Crippen MR) is 86.0 cm³/mol. The normalized spacial score (nSPS) is 20.5. The number of oxime groups is 1. The first-order valence-corrected chi connectivity index (χ1v) is 9.01. The average molecular weight is 422 g/mol. The molecule has 1 aliphatic rings. The molecule has 15 heteroatoms. The Morgan fingerprint density at radius 1 is 1.68 bits per heavy atom. The second-order valence-electron chi connectivity index (χ2n) is 4.48. The number of amides is 2. The Balaban J connectivity index is 0.00000312. The standard InChI is InChI=1S/C10H12ClN5O6S2.Na.H/c1-22-15-6(4-3-23-10(12)13-4)8(17)14-7-5(2-11)16(9(7)18)24(19,20)21;;/h3,5,7H,2H2,1H3,(H2,12,13)(H,14,17)(H,19,20,21);;/q;+1;-1/b15-6-;;. The van der Waals surface area contributed by atoms with E-state index in [2.05, 4.69) is 20.3 Å². The van der Waals surface area contributed by atoms with Crippen LogP contribution in [-0.2, 0) is 24.7 Å². The number of nitrogen functional groups attached to an aromatic ring is 1. The number of thiazole rings is 1. The van der Waals surface area contributed by atoms with Crippen LogP contribution in [0.4, 0.5) is 5.13 Å². The summed E-state index contributed by atoms with van der Waals surface area (Å²) in [5.41, 5.74) is 5.36. The van der Waals surface area contributed by atoms with Gasteiger partial charge in [0.05, 0.1) is 6.04 Å². The monoisotopic (exact) mass is 421 g/mol. The molecule has 0 bridgehead atoms. The molecule has 25 heavy (non-hydrogen) atoms. The summed E-state index contributed by atoms with van der Waals surface area (Å²) in [6.07, 6.45) is 0. The number of β-lactam (4-membered cyclic amide) rings is 1. The molecule has 2 rings (SSSR count). The number of carbonyl (C=O) groups is 2. The molecule has 1 saturated heterocycles. The molecule has 1 aliphatic heterocycles. The van der Waals surface area contributed by atoms with Crippen LogP contribution < -0.4 is 40.6 Å².